The van der Waals surface area contributed by atoms with Crippen LogP contribution >= 0.6 is 0 Å². The number of methoxy groups -OCH3 is 1. The van der Waals surface area contributed by atoms with E-state index >= 15 is 0 Å². The lowest BCUT2D eigenvalue weighted by atomic mass is 10.0. The van der Waals surface area contributed by atoms with Gasteiger partial charge < -0.3 is 4.74 Å². The quantitative estimate of drug-likeness (QED) is 0.684. The van der Waals surface area contributed by atoms with E-state index < -0.39 is 0 Å². The Morgan fingerprint density at radius 3 is 2.50 bits per heavy atom. The van der Waals surface area contributed by atoms with Gasteiger partial charge in [-0.3, -0.25) is 9.69 Å². The molecule has 3 heteroatoms. The zero-order valence-corrected chi connectivity index (χ0v) is 13.4. The number of Topliss-reactive ketones (excluding diaryl/α,β-unsaturated/α-hetero) is 1. The third kappa shape index (κ3) is 5.43. The minimum absolute atomic E-state index is 0.185. The molecule has 3 nitrogen and oxygen atoms in total. The summed E-state index contributed by atoms with van der Waals surface area (Å²) in [6.07, 6.45) is 0. The van der Waals surface area contributed by atoms with Gasteiger partial charge in [-0.2, -0.15) is 0 Å². The van der Waals surface area contributed by atoms with E-state index in [1.165, 1.54) is 11.1 Å². The van der Waals surface area contributed by atoms with E-state index in [1.54, 1.807) is 7.11 Å². The molecule has 112 valence electrons. The number of hydrogen-bond acceptors (Lipinski definition) is 3. The van der Waals surface area contributed by atoms with Crippen LogP contribution in [0.15, 0.2) is 18.2 Å². The molecule has 0 radical (unpaired) electrons. The molecule has 1 rings (SSSR count). The number of carbonyl (C=O) groups excluding carboxylic acids is 1. The van der Waals surface area contributed by atoms with Crippen molar-refractivity contribution in [1.82, 2.24) is 4.90 Å². The van der Waals surface area contributed by atoms with Crippen molar-refractivity contribution in [2.45, 2.75) is 27.7 Å². The number of benzene rings is 1. The SMILES string of the molecule is COCCN(CC(=O)c1ccc(C)c(C)c1)CC(C)C. The first kappa shape index (κ1) is 16.9. The molecular weight excluding hydrogens is 250 g/mol. The second-order valence-corrected chi connectivity index (χ2v) is 5.84. The lowest BCUT2D eigenvalue weighted by Crippen LogP contribution is -2.35. The van der Waals surface area contributed by atoms with Crippen LogP contribution in [0.3, 0.4) is 0 Å². The van der Waals surface area contributed by atoms with Gasteiger partial charge in [-0.05, 0) is 37.0 Å². The molecule has 0 spiro atoms. The summed E-state index contributed by atoms with van der Waals surface area (Å²) in [5, 5.41) is 0. The molecule has 0 bridgehead atoms. The molecule has 0 aliphatic carbocycles. The van der Waals surface area contributed by atoms with Crippen LogP contribution in [0.5, 0.6) is 0 Å². The number of nitrogens with zero attached hydrogens (tertiary/aromatic N) is 1. The zero-order valence-electron chi connectivity index (χ0n) is 13.4. The summed E-state index contributed by atoms with van der Waals surface area (Å²) in [5.41, 5.74) is 3.20. The number of ketones is 1. The highest BCUT2D eigenvalue weighted by atomic mass is 16.5. The van der Waals surface area contributed by atoms with E-state index in [2.05, 4.69) is 25.7 Å². The van der Waals surface area contributed by atoms with Crippen molar-refractivity contribution in [3.63, 3.8) is 0 Å². The number of ether oxygens (including phenoxy) is 1. The van der Waals surface area contributed by atoms with Gasteiger partial charge in [-0.15, -0.1) is 0 Å². The van der Waals surface area contributed by atoms with Crippen LogP contribution in [0.1, 0.15) is 35.3 Å². The Morgan fingerprint density at radius 1 is 1.25 bits per heavy atom. The molecular formula is C17H27NO2. The Labute approximate surface area is 122 Å². The normalized spacial score (nSPS) is 11.3. The van der Waals surface area contributed by atoms with Crippen molar-refractivity contribution >= 4 is 5.78 Å². The van der Waals surface area contributed by atoms with Crippen LogP contribution in [0.4, 0.5) is 0 Å². The van der Waals surface area contributed by atoms with Crippen LogP contribution in [0.25, 0.3) is 0 Å². The molecule has 0 heterocycles. The molecule has 1 aromatic carbocycles. The number of aryl methyl sites for hydroxylation is 2. The van der Waals surface area contributed by atoms with Crippen LogP contribution in [0, 0.1) is 19.8 Å². The van der Waals surface area contributed by atoms with Crippen LogP contribution < -0.4 is 0 Å². The Morgan fingerprint density at radius 2 is 1.95 bits per heavy atom. The average molecular weight is 277 g/mol. The predicted octanol–water partition coefficient (Wildman–Crippen LogP) is 3.09. The van der Waals surface area contributed by atoms with E-state index in [-0.39, 0.29) is 5.78 Å². The standard InChI is InChI=1S/C17H27NO2/c1-13(2)11-18(8-9-20-5)12-17(19)16-7-6-14(3)15(4)10-16/h6-7,10,13H,8-9,11-12H2,1-5H3. The summed E-state index contributed by atoms with van der Waals surface area (Å²) >= 11 is 0. The van der Waals surface area contributed by atoms with E-state index in [0.717, 1.165) is 18.7 Å². The monoisotopic (exact) mass is 277 g/mol. The fourth-order valence-electron chi connectivity index (χ4n) is 2.18. The van der Waals surface area contributed by atoms with Crippen LogP contribution in [0.2, 0.25) is 0 Å². The van der Waals surface area contributed by atoms with E-state index in [9.17, 15) is 4.79 Å². The van der Waals surface area contributed by atoms with Crippen molar-refractivity contribution in [2.75, 3.05) is 33.4 Å². The highest BCUT2D eigenvalue weighted by Gasteiger charge is 2.14. The van der Waals surface area contributed by atoms with E-state index in [0.29, 0.717) is 19.1 Å². The van der Waals surface area contributed by atoms with Gasteiger partial charge in [0.25, 0.3) is 0 Å². The average Bonchev–Trinajstić information content (AvgIpc) is 2.38. The molecule has 0 aliphatic heterocycles. The lowest BCUT2D eigenvalue weighted by Gasteiger charge is -2.23. The molecule has 0 unspecified atom stereocenters. The van der Waals surface area contributed by atoms with Crippen molar-refractivity contribution in [3.05, 3.63) is 34.9 Å². The van der Waals surface area contributed by atoms with Gasteiger partial charge in [-0.1, -0.05) is 26.0 Å². The topological polar surface area (TPSA) is 29.5 Å². The molecule has 0 aliphatic rings. The lowest BCUT2D eigenvalue weighted by molar-refractivity contribution is 0.0881. The third-order valence-electron chi connectivity index (χ3n) is 3.43. The van der Waals surface area contributed by atoms with E-state index in [4.69, 9.17) is 4.74 Å². The minimum atomic E-state index is 0.185. The van der Waals surface area contributed by atoms with E-state index in [1.807, 2.05) is 25.1 Å². The molecule has 0 saturated carbocycles. The van der Waals surface area contributed by atoms with Gasteiger partial charge in [0.1, 0.15) is 0 Å². The first-order valence-corrected chi connectivity index (χ1v) is 7.25. The highest BCUT2D eigenvalue weighted by Crippen LogP contribution is 2.11. The van der Waals surface area contributed by atoms with Crippen molar-refractivity contribution in [2.24, 2.45) is 5.92 Å². The molecule has 0 aromatic heterocycles. The largest absolute Gasteiger partial charge is 0.383 e. The Balaban J connectivity index is 2.70. The molecule has 0 N–H and O–H groups in total. The van der Waals surface area contributed by atoms with Crippen molar-refractivity contribution < 1.29 is 9.53 Å². The van der Waals surface area contributed by atoms with Crippen molar-refractivity contribution in [3.8, 4) is 0 Å². The maximum atomic E-state index is 12.4. The number of carbonyl (C=O) groups is 1. The Bertz CT molecular complexity index is 441. The molecule has 0 fully saturated rings. The second kappa shape index (κ2) is 8.18. The summed E-state index contributed by atoms with van der Waals surface area (Å²) < 4.78 is 5.12. The predicted molar refractivity (Wildman–Crippen MR) is 83.4 cm³/mol. The summed E-state index contributed by atoms with van der Waals surface area (Å²) in [5.74, 6) is 0.726. The molecule has 0 atom stereocenters. The Hall–Kier alpha value is -1.19. The van der Waals surface area contributed by atoms with Crippen LogP contribution in [-0.2, 0) is 4.74 Å². The molecule has 0 saturated heterocycles. The second-order valence-electron chi connectivity index (χ2n) is 5.84. The number of hydrogen-bond donors (Lipinski definition) is 0. The van der Waals surface area contributed by atoms with Crippen LogP contribution in [-0.4, -0.2) is 44.0 Å². The van der Waals surface area contributed by atoms with Gasteiger partial charge >= 0.3 is 0 Å². The number of rotatable bonds is 8. The summed E-state index contributed by atoms with van der Waals surface area (Å²) in [7, 11) is 1.69. The highest BCUT2D eigenvalue weighted by molar-refractivity contribution is 5.97. The first-order chi connectivity index (χ1) is 9.43. The third-order valence-corrected chi connectivity index (χ3v) is 3.43. The van der Waals surface area contributed by atoms with Gasteiger partial charge in [-0.25, -0.2) is 0 Å². The summed E-state index contributed by atoms with van der Waals surface area (Å²) in [6, 6.07) is 5.93. The summed E-state index contributed by atoms with van der Waals surface area (Å²) in [4.78, 5) is 14.6. The fraction of sp³-hybridized carbons (Fsp3) is 0.588. The molecule has 1 aromatic rings. The maximum Gasteiger partial charge on any atom is 0.176 e. The first-order valence-electron chi connectivity index (χ1n) is 7.25. The molecule has 20 heavy (non-hydrogen) atoms. The Kier molecular flexibility index (Phi) is 6.89. The minimum Gasteiger partial charge on any atom is -0.383 e. The molecule has 0 amide bonds. The van der Waals surface area contributed by atoms with Gasteiger partial charge in [0.15, 0.2) is 5.78 Å². The fourth-order valence-corrected chi connectivity index (χ4v) is 2.18. The smallest absolute Gasteiger partial charge is 0.176 e. The maximum absolute atomic E-state index is 12.4. The summed E-state index contributed by atoms with van der Waals surface area (Å²) in [6.45, 7) is 11.3. The van der Waals surface area contributed by atoms with Gasteiger partial charge in [0.05, 0.1) is 13.2 Å². The zero-order chi connectivity index (χ0) is 15.1. The van der Waals surface area contributed by atoms with Gasteiger partial charge in [0.2, 0.25) is 0 Å². The van der Waals surface area contributed by atoms with Gasteiger partial charge in [0, 0.05) is 25.8 Å². The van der Waals surface area contributed by atoms with Crippen molar-refractivity contribution in [1.29, 1.82) is 0 Å².